The Kier molecular flexibility index (Phi) is 5.14. The van der Waals surface area contributed by atoms with Crippen molar-refractivity contribution in [3.8, 4) is 11.3 Å². The maximum absolute atomic E-state index is 6.26. The lowest BCUT2D eigenvalue weighted by atomic mass is 10.0. The molecule has 1 aliphatic rings. The molecular weight excluding hydrogens is 378 g/mol. The number of hydrogen-bond acceptors (Lipinski definition) is 3. The van der Waals surface area contributed by atoms with Crippen molar-refractivity contribution in [2.24, 2.45) is 0 Å². The summed E-state index contributed by atoms with van der Waals surface area (Å²) in [6.07, 6.45) is 2.80. The van der Waals surface area contributed by atoms with Crippen molar-refractivity contribution in [3.05, 3.63) is 77.3 Å². The predicted molar refractivity (Wildman–Crippen MR) is 112 cm³/mol. The molecule has 0 aliphatic carbocycles. The van der Waals surface area contributed by atoms with E-state index >= 15 is 0 Å². The number of pyridine rings is 1. The first kappa shape index (κ1) is 18.0. The van der Waals surface area contributed by atoms with Gasteiger partial charge >= 0.3 is 0 Å². The van der Waals surface area contributed by atoms with E-state index in [-0.39, 0.29) is 12.1 Å². The second-order valence-electron chi connectivity index (χ2n) is 6.53. The molecule has 4 nitrogen and oxygen atoms in total. The first-order valence-corrected chi connectivity index (χ1v) is 9.79. The van der Waals surface area contributed by atoms with E-state index in [9.17, 15) is 0 Å². The highest BCUT2D eigenvalue weighted by Crippen LogP contribution is 2.40. The smallest absolute Gasteiger partial charge is 0.170 e. The van der Waals surface area contributed by atoms with Gasteiger partial charge in [0.15, 0.2) is 5.11 Å². The van der Waals surface area contributed by atoms with Crippen molar-refractivity contribution in [3.63, 3.8) is 0 Å². The average molecular weight is 398 g/mol. The Labute approximate surface area is 169 Å². The normalized spacial score (nSPS) is 19.3. The van der Waals surface area contributed by atoms with E-state index in [2.05, 4.69) is 22.1 Å². The molecule has 6 heteroatoms. The molecule has 27 heavy (non-hydrogen) atoms. The summed E-state index contributed by atoms with van der Waals surface area (Å²) >= 11 is 11.6. The highest BCUT2D eigenvalue weighted by Gasteiger charge is 2.41. The molecule has 0 spiro atoms. The molecule has 0 radical (unpaired) electrons. The van der Waals surface area contributed by atoms with Crippen LogP contribution in [0.5, 0.6) is 0 Å². The molecule has 0 saturated carbocycles. The molecule has 0 unspecified atom stereocenters. The lowest BCUT2D eigenvalue weighted by Crippen LogP contribution is -2.30. The van der Waals surface area contributed by atoms with Gasteiger partial charge in [0.05, 0.1) is 11.7 Å². The molecule has 2 atom stereocenters. The second kappa shape index (κ2) is 7.71. The van der Waals surface area contributed by atoms with Crippen molar-refractivity contribution in [1.82, 2.24) is 15.2 Å². The van der Waals surface area contributed by atoms with E-state index in [0.717, 1.165) is 40.9 Å². The fourth-order valence-electron chi connectivity index (χ4n) is 3.48. The van der Waals surface area contributed by atoms with Gasteiger partial charge in [-0.25, -0.2) is 0 Å². The van der Waals surface area contributed by atoms with Crippen molar-refractivity contribution >= 4 is 28.9 Å². The van der Waals surface area contributed by atoms with Crippen LogP contribution in [-0.2, 0) is 0 Å². The molecule has 0 bridgehead atoms. The summed E-state index contributed by atoms with van der Waals surface area (Å²) in [7, 11) is 0. The van der Waals surface area contributed by atoms with Gasteiger partial charge < -0.3 is 14.6 Å². The van der Waals surface area contributed by atoms with Gasteiger partial charge in [-0.15, -0.1) is 0 Å². The lowest BCUT2D eigenvalue weighted by Gasteiger charge is -2.25. The number of nitrogens with zero attached hydrogens (tertiary/aromatic N) is 2. The highest BCUT2D eigenvalue weighted by atomic mass is 35.5. The number of hydrogen-bond donors (Lipinski definition) is 1. The Morgan fingerprint density at radius 3 is 2.67 bits per heavy atom. The summed E-state index contributed by atoms with van der Waals surface area (Å²) in [5, 5.41) is 4.87. The first-order chi connectivity index (χ1) is 13.2. The van der Waals surface area contributed by atoms with Crippen molar-refractivity contribution < 1.29 is 4.42 Å². The minimum atomic E-state index is -0.0468. The largest absolute Gasteiger partial charge is 0.459 e. The van der Waals surface area contributed by atoms with Crippen LogP contribution in [-0.4, -0.2) is 21.5 Å². The highest BCUT2D eigenvalue weighted by molar-refractivity contribution is 7.80. The van der Waals surface area contributed by atoms with Gasteiger partial charge in [-0.3, -0.25) is 4.98 Å². The number of benzene rings is 1. The molecule has 1 saturated heterocycles. The zero-order valence-electron chi connectivity index (χ0n) is 14.9. The van der Waals surface area contributed by atoms with Gasteiger partial charge in [0, 0.05) is 23.3 Å². The molecule has 138 valence electrons. The topological polar surface area (TPSA) is 41.3 Å². The van der Waals surface area contributed by atoms with E-state index in [1.807, 2.05) is 54.6 Å². The van der Waals surface area contributed by atoms with E-state index in [4.69, 9.17) is 28.2 Å². The minimum Gasteiger partial charge on any atom is -0.459 e. The molecule has 3 heterocycles. The molecular formula is C21H20ClN3OS. The third-order valence-electron chi connectivity index (χ3n) is 4.71. The minimum absolute atomic E-state index is 0.0339. The fraction of sp³-hybridized carbons (Fsp3) is 0.238. The Hall–Kier alpha value is -2.37. The summed E-state index contributed by atoms with van der Waals surface area (Å²) in [6, 6.07) is 17.5. The fourth-order valence-corrected chi connectivity index (χ4v) is 3.94. The third-order valence-corrected chi connectivity index (χ3v) is 5.31. The molecule has 1 fully saturated rings. The Morgan fingerprint density at radius 1 is 1.15 bits per heavy atom. The quantitative estimate of drug-likeness (QED) is 0.585. The van der Waals surface area contributed by atoms with Crippen LogP contribution in [0.2, 0.25) is 5.02 Å². The molecule has 1 aromatic carbocycles. The Morgan fingerprint density at radius 2 is 1.96 bits per heavy atom. The van der Waals surface area contributed by atoms with Gasteiger partial charge in [-0.05, 0) is 67.2 Å². The Balaban J connectivity index is 1.71. The Bertz CT molecular complexity index is 926. The molecule has 2 aromatic heterocycles. The van der Waals surface area contributed by atoms with E-state index in [1.54, 1.807) is 6.20 Å². The maximum Gasteiger partial charge on any atom is 0.170 e. The van der Waals surface area contributed by atoms with E-state index < -0.39 is 0 Å². The zero-order chi connectivity index (χ0) is 18.8. The summed E-state index contributed by atoms with van der Waals surface area (Å²) in [5.41, 5.74) is 1.95. The number of thiocarbonyl (C=S) groups is 1. The third kappa shape index (κ3) is 3.57. The zero-order valence-corrected chi connectivity index (χ0v) is 16.5. The molecule has 4 rings (SSSR count). The predicted octanol–water partition coefficient (Wildman–Crippen LogP) is 5.38. The second-order valence-corrected chi connectivity index (χ2v) is 7.35. The molecule has 1 N–H and O–H groups in total. The maximum atomic E-state index is 6.26. The lowest BCUT2D eigenvalue weighted by molar-refractivity contribution is 0.275. The van der Waals surface area contributed by atoms with Crippen LogP contribution < -0.4 is 5.32 Å². The van der Waals surface area contributed by atoms with Crippen LogP contribution in [0.1, 0.15) is 36.9 Å². The van der Waals surface area contributed by atoms with Crippen molar-refractivity contribution in [2.45, 2.75) is 25.4 Å². The van der Waals surface area contributed by atoms with Crippen LogP contribution in [0.25, 0.3) is 11.3 Å². The number of aromatic nitrogens is 1. The van der Waals surface area contributed by atoms with Crippen LogP contribution in [0.15, 0.2) is 65.2 Å². The number of rotatable bonds is 5. The summed E-state index contributed by atoms with van der Waals surface area (Å²) in [4.78, 5) is 6.73. The number of halogens is 1. The molecule has 0 amide bonds. The number of nitrogens with one attached hydrogen (secondary N) is 1. The molecule has 1 aliphatic heterocycles. The molecule has 3 aromatic rings. The van der Waals surface area contributed by atoms with E-state index in [0.29, 0.717) is 5.02 Å². The van der Waals surface area contributed by atoms with Crippen LogP contribution in [0.3, 0.4) is 0 Å². The van der Waals surface area contributed by atoms with Gasteiger partial charge in [0.25, 0.3) is 0 Å². The standard InChI is InChI=1S/C21H20ClN3OS/c1-2-13-25-20(19(24-21(25)27)16-5-3-4-12-23-16)18-11-10-17(26-18)14-6-8-15(22)9-7-14/h3-12,19-20H,2,13H2,1H3,(H,24,27)/t19-,20+/m1/s1. The van der Waals surface area contributed by atoms with Crippen LogP contribution >= 0.6 is 23.8 Å². The average Bonchev–Trinajstić information content (AvgIpc) is 3.29. The van der Waals surface area contributed by atoms with Gasteiger partial charge in [-0.2, -0.15) is 0 Å². The van der Waals surface area contributed by atoms with Gasteiger partial charge in [-0.1, -0.05) is 24.6 Å². The van der Waals surface area contributed by atoms with Crippen molar-refractivity contribution in [1.29, 1.82) is 0 Å². The monoisotopic (exact) mass is 397 g/mol. The van der Waals surface area contributed by atoms with Crippen LogP contribution in [0.4, 0.5) is 0 Å². The van der Waals surface area contributed by atoms with Gasteiger partial charge in [0.1, 0.15) is 17.6 Å². The first-order valence-electron chi connectivity index (χ1n) is 9.01. The SMILES string of the molecule is CCCN1C(=S)N[C@H](c2ccccn2)[C@@H]1c1ccc(-c2ccc(Cl)cc2)o1. The summed E-state index contributed by atoms with van der Waals surface area (Å²) in [6.45, 7) is 3.01. The summed E-state index contributed by atoms with van der Waals surface area (Å²) < 4.78 is 6.26. The van der Waals surface area contributed by atoms with Crippen LogP contribution in [0, 0.1) is 0 Å². The van der Waals surface area contributed by atoms with Gasteiger partial charge in [0.2, 0.25) is 0 Å². The van der Waals surface area contributed by atoms with Crippen molar-refractivity contribution in [2.75, 3.05) is 6.54 Å². The van der Waals surface area contributed by atoms with E-state index in [1.165, 1.54) is 0 Å². The summed E-state index contributed by atoms with van der Waals surface area (Å²) in [5.74, 6) is 1.69. The number of furan rings is 1.